The van der Waals surface area contributed by atoms with Gasteiger partial charge in [0, 0.05) is 18.3 Å². The molecule has 3 heteroatoms. The summed E-state index contributed by atoms with van der Waals surface area (Å²) in [6, 6.07) is 5.95. The lowest BCUT2D eigenvalue weighted by Crippen LogP contribution is -2.53. The summed E-state index contributed by atoms with van der Waals surface area (Å²) < 4.78 is 13.5. The van der Waals surface area contributed by atoms with Crippen molar-refractivity contribution in [2.75, 3.05) is 25.0 Å². The number of hydrogen-bond donors (Lipinski definition) is 1. The molecule has 1 N–H and O–H groups in total. The van der Waals surface area contributed by atoms with Gasteiger partial charge in [-0.05, 0) is 56.5 Å². The van der Waals surface area contributed by atoms with E-state index in [4.69, 9.17) is 0 Å². The fraction of sp³-hybridized carbons (Fsp3) is 0.571. The lowest BCUT2D eigenvalue weighted by molar-refractivity contribution is 0.0975. The van der Waals surface area contributed by atoms with E-state index in [1.54, 1.807) is 13.0 Å². The summed E-state index contributed by atoms with van der Waals surface area (Å²) >= 11 is 0. The van der Waals surface area contributed by atoms with Gasteiger partial charge in [-0.1, -0.05) is 6.07 Å². The Labute approximate surface area is 102 Å². The van der Waals surface area contributed by atoms with E-state index < -0.39 is 0 Å². The van der Waals surface area contributed by atoms with Crippen LogP contribution in [0.15, 0.2) is 18.2 Å². The highest BCUT2D eigenvalue weighted by molar-refractivity contribution is 5.46. The van der Waals surface area contributed by atoms with Crippen LogP contribution in [0.3, 0.4) is 0 Å². The molecule has 0 saturated carbocycles. The third kappa shape index (κ3) is 2.16. The van der Waals surface area contributed by atoms with Crippen molar-refractivity contribution in [1.29, 1.82) is 0 Å². The second-order valence-electron chi connectivity index (χ2n) is 5.35. The number of anilines is 1. The average Bonchev–Trinajstić information content (AvgIpc) is 2.35. The third-order valence-electron chi connectivity index (χ3n) is 4.18. The molecule has 2 nitrogen and oxygen atoms in total. The Balaban J connectivity index is 1.72. The van der Waals surface area contributed by atoms with Crippen molar-refractivity contribution in [3.63, 3.8) is 0 Å². The van der Waals surface area contributed by atoms with Gasteiger partial charge in [0.05, 0.1) is 0 Å². The van der Waals surface area contributed by atoms with Gasteiger partial charge in [0.2, 0.25) is 0 Å². The van der Waals surface area contributed by atoms with Crippen LogP contribution in [0, 0.1) is 18.7 Å². The van der Waals surface area contributed by atoms with E-state index >= 15 is 0 Å². The quantitative estimate of drug-likeness (QED) is 0.846. The minimum absolute atomic E-state index is 0.115. The van der Waals surface area contributed by atoms with Crippen LogP contribution >= 0.6 is 0 Å². The van der Waals surface area contributed by atoms with E-state index in [1.165, 1.54) is 25.9 Å². The van der Waals surface area contributed by atoms with Crippen molar-refractivity contribution < 1.29 is 4.39 Å². The maximum absolute atomic E-state index is 13.5. The summed E-state index contributed by atoms with van der Waals surface area (Å²) in [5, 5.41) is 3.50. The number of nitrogens with zero attached hydrogens (tertiary/aromatic N) is 1. The molecular weight excluding hydrogens is 215 g/mol. The standard InChI is InChI=1S/C14H19FN2/c1-10-2-3-12(8-13(10)15)16-14-9-17-6-4-11(14)5-7-17/h2-3,8,11,14,16H,4-7,9H2,1H3. The largest absolute Gasteiger partial charge is 0.381 e. The Morgan fingerprint density at radius 2 is 2.06 bits per heavy atom. The van der Waals surface area contributed by atoms with Crippen LogP contribution in [0.1, 0.15) is 18.4 Å². The molecule has 1 aromatic carbocycles. The van der Waals surface area contributed by atoms with Crippen molar-refractivity contribution in [3.05, 3.63) is 29.6 Å². The van der Waals surface area contributed by atoms with Gasteiger partial charge in [-0.3, -0.25) is 0 Å². The van der Waals surface area contributed by atoms with Crippen LogP contribution in [0.5, 0.6) is 0 Å². The van der Waals surface area contributed by atoms with Gasteiger partial charge in [-0.25, -0.2) is 4.39 Å². The highest BCUT2D eigenvalue weighted by atomic mass is 19.1. The van der Waals surface area contributed by atoms with Crippen molar-refractivity contribution in [3.8, 4) is 0 Å². The molecule has 0 aliphatic carbocycles. The van der Waals surface area contributed by atoms with Crippen LogP contribution in [-0.4, -0.2) is 30.6 Å². The first kappa shape index (κ1) is 11.0. The van der Waals surface area contributed by atoms with Crippen molar-refractivity contribution in [2.24, 2.45) is 5.92 Å². The van der Waals surface area contributed by atoms with Gasteiger partial charge in [0.1, 0.15) is 5.82 Å². The molecule has 1 atom stereocenters. The topological polar surface area (TPSA) is 15.3 Å². The molecular formula is C14H19FN2. The van der Waals surface area contributed by atoms with Crippen LogP contribution in [-0.2, 0) is 0 Å². The number of hydrogen-bond acceptors (Lipinski definition) is 2. The average molecular weight is 234 g/mol. The Morgan fingerprint density at radius 3 is 2.65 bits per heavy atom. The molecule has 3 heterocycles. The lowest BCUT2D eigenvalue weighted by Gasteiger charge is -2.45. The molecule has 0 aromatic heterocycles. The van der Waals surface area contributed by atoms with Crippen molar-refractivity contribution in [1.82, 2.24) is 4.90 Å². The van der Waals surface area contributed by atoms with E-state index in [0.29, 0.717) is 11.6 Å². The van der Waals surface area contributed by atoms with Crippen molar-refractivity contribution >= 4 is 5.69 Å². The Morgan fingerprint density at radius 1 is 1.29 bits per heavy atom. The first-order valence-corrected chi connectivity index (χ1v) is 6.47. The minimum Gasteiger partial charge on any atom is -0.381 e. The number of benzene rings is 1. The summed E-state index contributed by atoms with van der Waals surface area (Å²) in [5.41, 5.74) is 1.64. The number of nitrogens with one attached hydrogen (secondary N) is 1. The molecule has 0 amide bonds. The summed E-state index contributed by atoms with van der Waals surface area (Å²) in [6.07, 6.45) is 2.57. The molecule has 92 valence electrons. The summed E-state index contributed by atoms with van der Waals surface area (Å²) in [5.74, 6) is 0.653. The molecule has 3 aliphatic heterocycles. The Bertz CT molecular complexity index is 411. The third-order valence-corrected chi connectivity index (χ3v) is 4.18. The molecule has 17 heavy (non-hydrogen) atoms. The first-order valence-electron chi connectivity index (χ1n) is 6.47. The highest BCUT2D eigenvalue weighted by Crippen LogP contribution is 2.29. The molecule has 1 unspecified atom stereocenters. The smallest absolute Gasteiger partial charge is 0.128 e. The molecule has 3 aliphatic rings. The van der Waals surface area contributed by atoms with Crippen LogP contribution in [0.2, 0.25) is 0 Å². The highest BCUT2D eigenvalue weighted by Gasteiger charge is 2.33. The van der Waals surface area contributed by atoms with Gasteiger partial charge in [-0.15, -0.1) is 0 Å². The summed E-state index contributed by atoms with van der Waals surface area (Å²) in [4.78, 5) is 2.50. The number of rotatable bonds is 2. The molecule has 1 aromatic rings. The van der Waals surface area contributed by atoms with Gasteiger partial charge < -0.3 is 10.2 Å². The maximum Gasteiger partial charge on any atom is 0.128 e. The second-order valence-corrected chi connectivity index (χ2v) is 5.35. The van der Waals surface area contributed by atoms with Crippen molar-refractivity contribution in [2.45, 2.75) is 25.8 Å². The zero-order chi connectivity index (χ0) is 11.8. The predicted octanol–water partition coefficient (Wildman–Crippen LogP) is 2.64. The molecule has 0 radical (unpaired) electrons. The number of halogens is 1. The summed E-state index contributed by atoms with van der Waals surface area (Å²) in [6.45, 7) is 5.39. The fourth-order valence-corrected chi connectivity index (χ4v) is 3.03. The molecule has 4 rings (SSSR count). The van der Waals surface area contributed by atoms with Crippen LogP contribution in [0.25, 0.3) is 0 Å². The number of aryl methyl sites for hydroxylation is 1. The van der Waals surface area contributed by atoms with Gasteiger partial charge >= 0.3 is 0 Å². The Hall–Kier alpha value is -1.09. The maximum atomic E-state index is 13.5. The molecule has 2 bridgehead atoms. The molecule has 3 saturated heterocycles. The fourth-order valence-electron chi connectivity index (χ4n) is 3.03. The zero-order valence-corrected chi connectivity index (χ0v) is 10.2. The SMILES string of the molecule is Cc1ccc(NC2CN3CCC2CC3)cc1F. The van der Waals surface area contributed by atoms with Gasteiger partial charge in [0.25, 0.3) is 0 Å². The first-order chi connectivity index (χ1) is 8.22. The van der Waals surface area contributed by atoms with Gasteiger partial charge in [0.15, 0.2) is 0 Å². The Kier molecular flexibility index (Phi) is 2.79. The number of fused-ring (bicyclic) bond motifs is 3. The zero-order valence-electron chi connectivity index (χ0n) is 10.2. The van der Waals surface area contributed by atoms with Gasteiger partial charge in [-0.2, -0.15) is 0 Å². The second kappa shape index (κ2) is 4.30. The number of piperidine rings is 3. The van der Waals surface area contributed by atoms with E-state index in [1.807, 2.05) is 12.1 Å². The lowest BCUT2D eigenvalue weighted by atomic mass is 9.84. The normalized spacial score (nSPS) is 31.5. The van der Waals surface area contributed by atoms with E-state index in [-0.39, 0.29) is 5.82 Å². The predicted molar refractivity (Wildman–Crippen MR) is 67.7 cm³/mol. The monoisotopic (exact) mass is 234 g/mol. The van der Waals surface area contributed by atoms with Crippen LogP contribution < -0.4 is 5.32 Å². The van der Waals surface area contributed by atoms with Crippen LogP contribution in [0.4, 0.5) is 10.1 Å². The van der Waals surface area contributed by atoms with E-state index in [2.05, 4.69) is 10.2 Å². The van der Waals surface area contributed by atoms with E-state index in [9.17, 15) is 4.39 Å². The minimum atomic E-state index is -0.115. The molecule has 0 spiro atoms. The van der Waals surface area contributed by atoms with E-state index in [0.717, 1.165) is 18.2 Å². The summed E-state index contributed by atoms with van der Waals surface area (Å²) in [7, 11) is 0. The molecule has 3 fully saturated rings.